The highest BCUT2D eigenvalue weighted by Crippen LogP contribution is 2.44. The Morgan fingerprint density at radius 3 is 2.23 bits per heavy atom. The Morgan fingerprint density at radius 1 is 0.857 bits per heavy atom. The fraction of sp³-hybridized carbons (Fsp3) is 0.133. The summed E-state index contributed by atoms with van der Waals surface area (Å²) in [5, 5.41) is 0.612. The van der Waals surface area contributed by atoms with Crippen LogP contribution in [0.25, 0.3) is 11.1 Å². The van der Waals surface area contributed by atoms with Gasteiger partial charge in [-0.2, -0.15) is 0 Å². The Labute approximate surface area is 214 Å². The van der Waals surface area contributed by atoms with Crippen molar-refractivity contribution in [3.63, 3.8) is 0 Å². The van der Waals surface area contributed by atoms with Crippen LogP contribution in [0.4, 0.5) is 0 Å². The van der Waals surface area contributed by atoms with Crippen LogP contribution in [0.3, 0.4) is 0 Å². The molecule has 5 rings (SSSR count). The predicted molar refractivity (Wildman–Crippen MR) is 140 cm³/mol. The molecular weight excluding hydrogens is 476 g/mol. The van der Waals surface area contributed by atoms with Gasteiger partial charge in [-0.3, -0.25) is 9.59 Å². The second-order valence-electron chi connectivity index (χ2n) is 8.42. The highest BCUT2D eigenvalue weighted by molar-refractivity contribution is 7.99. The molecule has 0 unspecified atom stereocenters. The maximum atomic E-state index is 12.7. The van der Waals surface area contributed by atoms with Gasteiger partial charge in [0, 0.05) is 32.7 Å². The van der Waals surface area contributed by atoms with Gasteiger partial charge >= 0.3 is 5.97 Å². The number of ether oxygens (including phenoxy) is 1. The minimum Gasteiger partial charge on any atom is -0.465 e. The molecule has 4 aromatic rings. The number of aryl methyl sites for hydroxylation is 1. The molecule has 0 aromatic heterocycles. The first kappa shape index (κ1) is 23.4. The molecule has 0 heterocycles. The number of hydrogen-bond acceptors (Lipinski definition) is 4. The highest BCUT2D eigenvalue weighted by Gasteiger charge is 2.29. The van der Waals surface area contributed by atoms with Gasteiger partial charge in [0.1, 0.15) is 6.61 Å². The third-order valence-corrected chi connectivity index (χ3v) is 7.71. The summed E-state index contributed by atoms with van der Waals surface area (Å²) in [6.07, 6.45) is 1.61. The second-order valence-corrected chi connectivity index (χ2v) is 9.94. The number of carbonyl (C=O) groups is 2. The number of fused-ring (bicyclic) bond motifs is 3. The molecule has 1 aliphatic rings. The minimum atomic E-state index is -0.240. The van der Waals surface area contributed by atoms with E-state index in [4.69, 9.17) is 16.3 Å². The molecule has 0 amide bonds. The van der Waals surface area contributed by atoms with Gasteiger partial charge in [-0.05, 0) is 58.5 Å². The van der Waals surface area contributed by atoms with E-state index < -0.39 is 0 Å². The van der Waals surface area contributed by atoms with Gasteiger partial charge in [0.25, 0.3) is 0 Å². The van der Waals surface area contributed by atoms with Crippen molar-refractivity contribution in [3.05, 3.63) is 118 Å². The number of halogens is 1. The van der Waals surface area contributed by atoms with E-state index in [1.165, 1.54) is 34.0 Å². The van der Waals surface area contributed by atoms with E-state index in [1.54, 1.807) is 6.07 Å². The molecule has 35 heavy (non-hydrogen) atoms. The van der Waals surface area contributed by atoms with Crippen LogP contribution in [0.2, 0.25) is 5.02 Å². The van der Waals surface area contributed by atoms with E-state index in [2.05, 4.69) is 24.3 Å². The summed E-state index contributed by atoms with van der Waals surface area (Å²) in [5.41, 5.74) is 6.40. The molecule has 0 aliphatic heterocycles. The Bertz CT molecular complexity index is 1350. The summed E-state index contributed by atoms with van der Waals surface area (Å²) in [6, 6.07) is 29.7. The van der Waals surface area contributed by atoms with E-state index in [0.29, 0.717) is 23.6 Å². The minimum absolute atomic E-state index is 0.0449. The van der Waals surface area contributed by atoms with E-state index >= 15 is 0 Å². The molecule has 0 saturated carbocycles. The van der Waals surface area contributed by atoms with Crippen molar-refractivity contribution in [2.45, 2.75) is 28.6 Å². The molecular formula is C30H23ClO3S. The monoisotopic (exact) mass is 498 g/mol. The number of rotatable bonds is 8. The van der Waals surface area contributed by atoms with E-state index in [0.717, 1.165) is 21.6 Å². The van der Waals surface area contributed by atoms with E-state index in [-0.39, 0.29) is 18.3 Å². The zero-order chi connectivity index (χ0) is 24.2. The molecule has 0 N–H and O–H groups in total. The molecule has 0 fully saturated rings. The van der Waals surface area contributed by atoms with Crippen LogP contribution in [0.1, 0.15) is 39.4 Å². The van der Waals surface area contributed by atoms with Gasteiger partial charge in [-0.25, -0.2) is 0 Å². The average molecular weight is 499 g/mol. The predicted octanol–water partition coefficient (Wildman–Crippen LogP) is 7.59. The molecule has 0 bridgehead atoms. The Morgan fingerprint density at radius 2 is 1.51 bits per heavy atom. The zero-order valence-electron chi connectivity index (χ0n) is 18.9. The topological polar surface area (TPSA) is 43.4 Å². The van der Waals surface area contributed by atoms with Crippen LogP contribution in [0.15, 0.2) is 101 Å². The van der Waals surface area contributed by atoms with Crippen LogP contribution in [0, 0.1) is 0 Å². The van der Waals surface area contributed by atoms with Crippen molar-refractivity contribution in [2.75, 3.05) is 6.61 Å². The molecule has 0 radical (unpaired) electrons. The van der Waals surface area contributed by atoms with Crippen LogP contribution in [-0.4, -0.2) is 18.9 Å². The van der Waals surface area contributed by atoms with Crippen molar-refractivity contribution in [3.8, 4) is 11.1 Å². The summed E-state index contributed by atoms with van der Waals surface area (Å²) in [7, 11) is 0. The lowest BCUT2D eigenvalue weighted by Gasteiger charge is -2.15. The third kappa shape index (κ3) is 5.04. The number of aldehydes is 1. The first-order valence-electron chi connectivity index (χ1n) is 11.5. The molecule has 4 aromatic carbocycles. The summed E-state index contributed by atoms with van der Waals surface area (Å²) >= 11 is 7.76. The van der Waals surface area contributed by atoms with E-state index in [1.807, 2.05) is 60.7 Å². The van der Waals surface area contributed by atoms with E-state index in [9.17, 15) is 9.59 Å². The molecule has 1 aliphatic carbocycles. The van der Waals surface area contributed by atoms with Crippen LogP contribution in [-0.2, 0) is 16.0 Å². The van der Waals surface area contributed by atoms with Gasteiger partial charge < -0.3 is 4.74 Å². The second kappa shape index (κ2) is 10.5. The number of benzene rings is 4. The first-order chi connectivity index (χ1) is 17.1. The Kier molecular flexibility index (Phi) is 7.03. The molecule has 0 saturated heterocycles. The van der Waals surface area contributed by atoms with Gasteiger partial charge in [0.2, 0.25) is 0 Å². The standard InChI is InChI=1S/C30H23ClO3S/c31-22-14-15-29(35-28-12-6-1-7-21(28)18-32)20(17-22)13-16-30(33)34-19-27-25-10-4-2-8-23(25)24-9-3-5-11-26(24)27/h1-12,14-15,17-18,27H,13,16,19H2. The quantitative estimate of drug-likeness (QED) is 0.185. The highest BCUT2D eigenvalue weighted by atomic mass is 35.5. The van der Waals surface area contributed by atoms with Gasteiger partial charge in [-0.15, -0.1) is 0 Å². The van der Waals surface area contributed by atoms with Gasteiger partial charge in [-0.1, -0.05) is 90.1 Å². The number of hydrogen-bond donors (Lipinski definition) is 0. The SMILES string of the molecule is O=Cc1ccccc1Sc1ccc(Cl)cc1CCC(=O)OCC1c2ccccc2-c2ccccc21. The lowest BCUT2D eigenvalue weighted by molar-refractivity contribution is -0.143. The normalized spacial score (nSPS) is 12.1. The van der Waals surface area contributed by atoms with Crippen LogP contribution in [0.5, 0.6) is 0 Å². The third-order valence-electron chi connectivity index (χ3n) is 6.26. The maximum absolute atomic E-state index is 12.7. The molecule has 5 heteroatoms. The van der Waals surface area contributed by atoms with Crippen LogP contribution < -0.4 is 0 Å². The van der Waals surface area contributed by atoms with Gasteiger partial charge in [0.15, 0.2) is 6.29 Å². The number of carbonyl (C=O) groups excluding carboxylic acids is 2. The molecule has 0 spiro atoms. The smallest absolute Gasteiger partial charge is 0.306 e. The summed E-state index contributed by atoms with van der Waals surface area (Å²) in [6.45, 7) is 0.316. The fourth-order valence-corrected chi connectivity index (χ4v) is 5.80. The summed E-state index contributed by atoms with van der Waals surface area (Å²) in [4.78, 5) is 26.0. The zero-order valence-corrected chi connectivity index (χ0v) is 20.5. The Hall–Kier alpha value is -3.34. The van der Waals surface area contributed by atoms with Crippen LogP contribution >= 0.6 is 23.4 Å². The largest absolute Gasteiger partial charge is 0.465 e. The first-order valence-corrected chi connectivity index (χ1v) is 12.7. The maximum Gasteiger partial charge on any atom is 0.306 e. The molecule has 3 nitrogen and oxygen atoms in total. The summed E-state index contributed by atoms with van der Waals surface area (Å²) < 4.78 is 5.76. The van der Waals surface area contributed by atoms with Crippen molar-refractivity contribution < 1.29 is 14.3 Å². The van der Waals surface area contributed by atoms with Crippen molar-refractivity contribution >= 4 is 35.6 Å². The summed E-state index contributed by atoms with van der Waals surface area (Å²) in [5.74, 6) is -0.195. The lowest BCUT2D eigenvalue weighted by atomic mass is 9.98. The fourth-order valence-electron chi connectivity index (χ4n) is 4.56. The number of esters is 1. The average Bonchev–Trinajstić information content (AvgIpc) is 3.21. The Balaban J connectivity index is 1.26. The molecule has 0 atom stereocenters. The van der Waals surface area contributed by atoms with Crippen molar-refractivity contribution in [1.29, 1.82) is 0 Å². The lowest BCUT2D eigenvalue weighted by Crippen LogP contribution is -2.13. The van der Waals surface area contributed by atoms with Gasteiger partial charge in [0.05, 0.1) is 0 Å². The van der Waals surface area contributed by atoms with Crippen molar-refractivity contribution in [2.24, 2.45) is 0 Å². The van der Waals surface area contributed by atoms with Crippen molar-refractivity contribution in [1.82, 2.24) is 0 Å². The molecule has 174 valence electrons.